The number of halogens is 3. The molecule has 2 atom stereocenters. The molecule has 0 aliphatic carbocycles. The third-order valence-corrected chi connectivity index (χ3v) is 2.00. The second-order valence-electron chi connectivity index (χ2n) is 3.21. The zero-order valence-electron chi connectivity index (χ0n) is 7.35. The van der Waals surface area contributed by atoms with E-state index in [1.807, 2.05) is 0 Å². The average molecular weight is 196 g/mol. The normalized spacial score (nSPS) is 35.8. The molecule has 1 rings (SSSR count). The molecule has 13 heavy (non-hydrogen) atoms. The number of hydrogen-bond donors (Lipinski definition) is 1. The van der Waals surface area contributed by atoms with Crippen LogP contribution < -0.4 is 5.73 Å². The first kappa shape index (κ1) is 10.3. The highest BCUT2D eigenvalue weighted by Gasteiger charge is 2.57. The first-order valence-corrected chi connectivity index (χ1v) is 3.82. The quantitative estimate of drug-likeness (QED) is 0.630. The smallest absolute Gasteiger partial charge is 0.385 e. The van der Waals surface area contributed by atoms with Crippen LogP contribution in [-0.4, -0.2) is 30.3 Å². The van der Waals surface area contributed by atoms with Crippen molar-refractivity contribution in [3.8, 4) is 0 Å². The number of ether oxygens (including phenoxy) is 1. The molecule has 0 aromatic carbocycles. The highest BCUT2D eigenvalue weighted by molar-refractivity contribution is 5.90. The van der Waals surface area contributed by atoms with Crippen LogP contribution in [0.1, 0.15) is 13.8 Å². The zero-order valence-corrected chi connectivity index (χ0v) is 7.35. The van der Waals surface area contributed by atoms with Crippen LogP contribution in [0.4, 0.5) is 13.2 Å². The van der Waals surface area contributed by atoms with Gasteiger partial charge in [0, 0.05) is 0 Å². The first-order chi connectivity index (χ1) is 5.77. The highest BCUT2D eigenvalue weighted by atomic mass is 19.4. The average Bonchev–Trinajstić information content (AvgIpc) is 1.95. The van der Waals surface area contributed by atoms with Gasteiger partial charge in [-0.3, -0.25) is 4.99 Å². The number of alkyl halides is 3. The lowest BCUT2D eigenvalue weighted by atomic mass is 10.0. The van der Waals surface area contributed by atoms with Gasteiger partial charge in [0.25, 0.3) is 0 Å². The third-order valence-electron chi connectivity index (χ3n) is 2.00. The summed E-state index contributed by atoms with van der Waals surface area (Å²) >= 11 is 0. The Hall–Kier alpha value is -0.780. The van der Waals surface area contributed by atoms with E-state index in [0.29, 0.717) is 0 Å². The predicted octanol–water partition coefficient (Wildman–Crippen LogP) is 1.08. The second kappa shape index (κ2) is 2.87. The zero-order chi connectivity index (χ0) is 10.3. The molecule has 0 radical (unpaired) electrons. The van der Waals surface area contributed by atoms with E-state index in [-0.39, 0.29) is 12.6 Å². The molecule has 1 aliphatic heterocycles. The molecule has 76 valence electrons. The Bertz CT molecular complexity index is 238. The summed E-state index contributed by atoms with van der Waals surface area (Å²) in [4.78, 5) is 3.65. The van der Waals surface area contributed by atoms with Gasteiger partial charge < -0.3 is 10.5 Å². The molecule has 0 aromatic rings. The summed E-state index contributed by atoms with van der Waals surface area (Å²) in [7, 11) is 0. The largest absolute Gasteiger partial charge is 0.424 e. The second-order valence-corrected chi connectivity index (χ2v) is 3.21. The van der Waals surface area contributed by atoms with E-state index in [9.17, 15) is 13.2 Å². The van der Waals surface area contributed by atoms with Crippen molar-refractivity contribution in [1.29, 1.82) is 0 Å². The van der Waals surface area contributed by atoms with Gasteiger partial charge in [-0.05, 0) is 13.8 Å². The fourth-order valence-electron chi connectivity index (χ4n) is 0.986. The summed E-state index contributed by atoms with van der Waals surface area (Å²) in [6.07, 6.45) is -4.51. The Morgan fingerprint density at radius 3 is 2.54 bits per heavy atom. The summed E-state index contributed by atoms with van der Waals surface area (Å²) in [5.74, 6) is -0.501. The van der Waals surface area contributed by atoms with E-state index < -0.39 is 17.6 Å². The SMILES string of the molecule is CC1COC(C)(C(F)(F)F)C(N)=N1. The molecule has 2 N–H and O–H groups in total. The summed E-state index contributed by atoms with van der Waals surface area (Å²) in [6, 6.07) is -0.310. The fourth-order valence-corrected chi connectivity index (χ4v) is 0.986. The van der Waals surface area contributed by atoms with Gasteiger partial charge in [0.1, 0.15) is 5.84 Å². The van der Waals surface area contributed by atoms with Gasteiger partial charge in [0.15, 0.2) is 0 Å². The summed E-state index contributed by atoms with van der Waals surface area (Å²) in [5.41, 5.74) is 2.78. The maximum absolute atomic E-state index is 12.4. The summed E-state index contributed by atoms with van der Waals surface area (Å²) in [5, 5.41) is 0. The van der Waals surface area contributed by atoms with Crippen molar-refractivity contribution >= 4 is 5.84 Å². The van der Waals surface area contributed by atoms with Gasteiger partial charge in [-0.25, -0.2) is 0 Å². The lowest BCUT2D eigenvalue weighted by Crippen LogP contribution is -2.58. The molecule has 2 unspecified atom stereocenters. The first-order valence-electron chi connectivity index (χ1n) is 3.82. The van der Waals surface area contributed by atoms with Crippen LogP contribution in [0.2, 0.25) is 0 Å². The molecular weight excluding hydrogens is 185 g/mol. The fraction of sp³-hybridized carbons (Fsp3) is 0.857. The lowest BCUT2D eigenvalue weighted by Gasteiger charge is -2.35. The molecular formula is C7H11F3N2O. The van der Waals surface area contributed by atoms with Gasteiger partial charge in [0.05, 0.1) is 12.6 Å². The molecule has 0 bridgehead atoms. The minimum atomic E-state index is -4.51. The van der Waals surface area contributed by atoms with Gasteiger partial charge in [-0.2, -0.15) is 13.2 Å². The van der Waals surface area contributed by atoms with Crippen LogP contribution in [0.15, 0.2) is 4.99 Å². The molecule has 0 saturated heterocycles. The topological polar surface area (TPSA) is 47.6 Å². The molecule has 0 amide bonds. The highest BCUT2D eigenvalue weighted by Crippen LogP contribution is 2.35. The number of aliphatic imine (C=N–C) groups is 1. The van der Waals surface area contributed by atoms with Crippen molar-refractivity contribution < 1.29 is 17.9 Å². The summed E-state index contributed by atoms with van der Waals surface area (Å²) in [6.45, 7) is 2.47. The third kappa shape index (κ3) is 1.63. The van der Waals surface area contributed by atoms with Crippen LogP contribution >= 0.6 is 0 Å². The van der Waals surface area contributed by atoms with E-state index in [1.54, 1.807) is 6.92 Å². The monoisotopic (exact) mass is 196 g/mol. The van der Waals surface area contributed by atoms with Crippen LogP contribution in [0, 0.1) is 0 Å². The minimum absolute atomic E-state index is 0.0588. The van der Waals surface area contributed by atoms with E-state index in [1.165, 1.54) is 0 Å². The van der Waals surface area contributed by atoms with Crippen molar-refractivity contribution in [2.45, 2.75) is 31.7 Å². The Balaban J connectivity index is 2.99. The molecule has 3 nitrogen and oxygen atoms in total. The van der Waals surface area contributed by atoms with Gasteiger partial charge >= 0.3 is 6.18 Å². The van der Waals surface area contributed by atoms with Crippen molar-refractivity contribution in [2.24, 2.45) is 10.7 Å². The molecule has 1 heterocycles. The number of nitrogens with two attached hydrogens (primary N) is 1. The number of nitrogens with zero attached hydrogens (tertiary/aromatic N) is 1. The molecule has 0 spiro atoms. The van der Waals surface area contributed by atoms with E-state index in [2.05, 4.69) is 9.73 Å². The van der Waals surface area contributed by atoms with Crippen molar-refractivity contribution in [1.82, 2.24) is 0 Å². The van der Waals surface area contributed by atoms with Crippen molar-refractivity contribution in [3.63, 3.8) is 0 Å². The standard InChI is InChI=1S/C7H11F3N2O/c1-4-3-13-6(2,5(11)12-4)7(8,9)10/h4H,3H2,1-2H3,(H2,11,12). The number of hydrogen-bond acceptors (Lipinski definition) is 3. The summed E-state index contributed by atoms with van der Waals surface area (Å²) < 4.78 is 41.9. The van der Waals surface area contributed by atoms with Crippen LogP contribution in [0.3, 0.4) is 0 Å². The maximum atomic E-state index is 12.4. The molecule has 0 saturated carbocycles. The van der Waals surface area contributed by atoms with Gasteiger partial charge in [0.2, 0.25) is 5.60 Å². The Kier molecular flexibility index (Phi) is 2.27. The predicted molar refractivity (Wildman–Crippen MR) is 41.5 cm³/mol. The Labute approximate surface area is 73.8 Å². The van der Waals surface area contributed by atoms with E-state index in [0.717, 1.165) is 6.92 Å². The number of rotatable bonds is 0. The maximum Gasteiger partial charge on any atom is 0.424 e. The lowest BCUT2D eigenvalue weighted by molar-refractivity contribution is -0.245. The van der Waals surface area contributed by atoms with Gasteiger partial charge in [-0.1, -0.05) is 0 Å². The minimum Gasteiger partial charge on any atom is -0.385 e. The molecule has 1 aliphatic rings. The van der Waals surface area contributed by atoms with E-state index in [4.69, 9.17) is 5.73 Å². The molecule has 0 fully saturated rings. The van der Waals surface area contributed by atoms with Crippen molar-refractivity contribution in [3.05, 3.63) is 0 Å². The van der Waals surface area contributed by atoms with Crippen LogP contribution in [0.25, 0.3) is 0 Å². The van der Waals surface area contributed by atoms with Crippen molar-refractivity contribution in [2.75, 3.05) is 6.61 Å². The van der Waals surface area contributed by atoms with Crippen LogP contribution in [-0.2, 0) is 4.74 Å². The molecule has 6 heteroatoms. The Morgan fingerprint density at radius 2 is 2.15 bits per heavy atom. The number of amidine groups is 1. The Morgan fingerprint density at radius 1 is 1.62 bits per heavy atom. The van der Waals surface area contributed by atoms with E-state index >= 15 is 0 Å². The molecule has 0 aromatic heterocycles. The van der Waals surface area contributed by atoms with Gasteiger partial charge in [-0.15, -0.1) is 0 Å². The van der Waals surface area contributed by atoms with Crippen LogP contribution in [0.5, 0.6) is 0 Å².